The van der Waals surface area contributed by atoms with Crippen molar-refractivity contribution in [3.8, 4) is 0 Å². The van der Waals surface area contributed by atoms with E-state index in [0.29, 0.717) is 0 Å². The summed E-state index contributed by atoms with van der Waals surface area (Å²) in [4.78, 5) is 0. The predicted octanol–water partition coefficient (Wildman–Crippen LogP) is -0.790. The number of hydrogen-bond acceptors (Lipinski definition) is 1. The van der Waals surface area contributed by atoms with Gasteiger partial charge in [-0.05, 0) is 19.4 Å². The van der Waals surface area contributed by atoms with Gasteiger partial charge in [0.05, 0.1) is 20.1 Å². The van der Waals surface area contributed by atoms with Crippen LogP contribution in [0.2, 0.25) is 0 Å². The van der Waals surface area contributed by atoms with Gasteiger partial charge in [0.1, 0.15) is 12.6 Å². The fraction of sp³-hybridized carbons (Fsp3) is 0.538. The van der Waals surface area contributed by atoms with Crippen molar-refractivity contribution in [1.82, 2.24) is 0 Å². The molecule has 0 saturated carbocycles. The van der Waals surface area contributed by atoms with Gasteiger partial charge >= 0.3 is 0 Å². The molecule has 0 fully saturated rings. The maximum absolute atomic E-state index is 10.1. The van der Waals surface area contributed by atoms with Crippen molar-refractivity contribution in [2.75, 3.05) is 26.7 Å². The number of quaternary nitrogens is 1. The lowest BCUT2D eigenvalue weighted by Gasteiger charge is -2.34. The standard InChI is InChI=1S/C13H22NO.HI/c1-4-14(3,5-2)11-13(15)12-9-7-6-8-10-12;/h6-10,13,15H,4-5,11H2,1-3H3;1H/q+1;/p-1. The van der Waals surface area contributed by atoms with Crippen LogP contribution in [0.25, 0.3) is 0 Å². The summed E-state index contributed by atoms with van der Waals surface area (Å²) in [5.41, 5.74) is 1.02. The fourth-order valence-corrected chi connectivity index (χ4v) is 1.68. The lowest BCUT2D eigenvalue weighted by molar-refractivity contribution is -0.909. The molecule has 1 rings (SSSR count). The van der Waals surface area contributed by atoms with Gasteiger partial charge in [-0.1, -0.05) is 30.3 Å². The van der Waals surface area contributed by atoms with Crippen molar-refractivity contribution >= 4 is 0 Å². The van der Waals surface area contributed by atoms with Crippen LogP contribution in [0.5, 0.6) is 0 Å². The number of nitrogens with zero attached hydrogens (tertiary/aromatic N) is 1. The first-order valence-corrected chi connectivity index (χ1v) is 5.68. The van der Waals surface area contributed by atoms with E-state index in [1.54, 1.807) is 0 Å². The Hall–Kier alpha value is -0.130. The summed E-state index contributed by atoms with van der Waals surface area (Å²) < 4.78 is 0.913. The zero-order chi connectivity index (χ0) is 11.3. The maximum Gasteiger partial charge on any atom is 0.128 e. The minimum Gasteiger partial charge on any atom is -1.00 e. The normalized spacial score (nSPS) is 13.0. The third kappa shape index (κ3) is 4.39. The average Bonchev–Trinajstić information content (AvgIpc) is 2.30. The summed E-state index contributed by atoms with van der Waals surface area (Å²) in [6, 6.07) is 9.89. The van der Waals surface area contributed by atoms with Crippen molar-refractivity contribution in [1.29, 1.82) is 0 Å². The van der Waals surface area contributed by atoms with Gasteiger partial charge in [-0.3, -0.25) is 0 Å². The largest absolute Gasteiger partial charge is 1.00 e. The zero-order valence-electron chi connectivity index (χ0n) is 10.4. The summed E-state index contributed by atoms with van der Waals surface area (Å²) in [6.45, 7) is 7.24. The average molecular weight is 335 g/mol. The first-order chi connectivity index (χ1) is 7.11. The lowest BCUT2D eigenvalue weighted by Crippen LogP contribution is -3.00. The van der Waals surface area contributed by atoms with Gasteiger partial charge in [-0.15, -0.1) is 0 Å². The van der Waals surface area contributed by atoms with E-state index in [9.17, 15) is 5.11 Å². The van der Waals surface area contributed by atoms with Gasteiger partial charge in [0.2, 0.25) is 0 Å². The van der Waals surface area contributed by atoms with E-state index in [0.717, 1.165) is 29.7 Å². The van der Waals surface area contributed by atoms with E-state index in [1.165, 1.54) is 0 Å². The molecule has 0 aliphatic carbocycles. The van der Waals surface area contributed by atoms with E-state index in [2.05, 4.69) is 20.9 Å². The van der Waals surface area contributed by atoms with Gasteiger partial charge in [0, 0.05) is 0 Å². The molecule has 0 spiro atoms. The summed E-state index contributed by atoms with van der Waals surface area (Å²) in [6.07, 6.45) is -0.351. The van der Waals surface area contributed by atoms with Crippen molar-refractivity contribution in [2.45, 2.75) is 20.0 Å². The number of halogens is 1. The van der Waals surface area contributed by atoms with Crippen molar-refractivity contribution < 1.29 is 33.6 Å². The van der Waals surface area contributed by atoms with Gasteiger partial charge in [0.15, 0.2) is 0 Å². The molecule has 0 radical (unpaired) electrons. The van der Waals surface area contributed by atoms with E-state index in [1.807, 2.05) is 30.3 Å². The van der Waals surface area contributed by atoms with E-state index >= 15 is 0 Å². The molecule has 0 bridgehead atoms. The molecule has 2 nitrogen and oxygen atoms in total. The molecule has 0 aliphatic rings. The molecule has 0 heterocycles. The number of hydrogen-bond donors (Lipinski definition) is 1. The number of likely N-dealkylation sites (N-methyl/N-ethyl adjacent to an activating group) is 1. The molecule has 0 aliphatic heterocycles. The second-order valence-corrected chi connectivity index (χ2v) is 4.36. The monoisotopic (exact) mass is 335 g/mol. The highest BCUT2D eigenvalue weighted by Gasteiger charge is 2.22. The number of rotatable bonds is 5. The fourth-order valence-electron chi connectivity index (χ4n) is 1.68. The molecule has 1 N–H and O–H groups in total. The first-order valence-electron chi connectivity index (χ1n) is 5.68. The smallest absolute Gasteiger partial charge is 0.128 e. The van der Waals surface area contributed by atoms with Crippen LogP contribution in [0, 0.1) is 0 Å². The molecule has 1 unspecified atom stereocenters. The van der Waals surface area contributed by atoms with Crippen LogP contribution in [0.15, 0.2) is 30.3 Å². The summed E-state index contributed by atoms with van der Waals surface area (Å²) in [7, 11) is 2.19. The topological polar surface area (TPSA) is 20.2 Å². The third-order valence-electron chi connectivity index (χ3n) is 3.32. The molecule has 1 atom stereocenters. The third-order valence-corrected chi connectivity index (χ3v) is 3.32. The Morgan fingerprint density at radius 2 is 1.62 bits per heavy atom. The highest BCUT2D eigenvalue weighted by Crippen LogP contribution is 2.16. The van der Waals surface area contributed by atoms with E-state index < -0.39 is 0 Å². The Labute approximate surface area is 116 Å². The highest BCUT2D eigenvalue weighted by atomic mass is 127. The molecule has 16 heavy (non-hydrogen) atoms. The molecular formula is C13H22INO. The molecule has 0 amide bonds. The maximum atomic E-state index is 10.1. The number of benzene rings is 1. The van der Waals surface area contributed by atoms with Gasteiger partial charge in [-0.2, -0.15) is 0 Å². The van der Waals surface area contributed by atoms with Crippen LogP contribution in [0.1, 0.15) is 25.5 Å². The van der Waals surface area contributed by atoms with Gasteiger partial charge in [0.25, 0.3) is 0 Å². The molecule has 3 heteroatoms. The minimum atomic E-state index is -0.351. The molecule has 1 aromatic carbocycles. The predicted molar refractivity (Wildman–Crippen MR) is 63.5 cm³/mol. The quantitative estimate of drug-likeness (QED) is 0.553. The first kappa shape index (κ1) is 15.9. The Kier molecular flexibility index (Phi) is 7.19. The van der Waals surface area contributed by atoms with Crippen molar-refractivity contribution in [3.63, 3.8) is 0 Å². The van der Waals surface area contributed by atoms with Crippen molar-refractivity contribution in [3.05, 3.63) is 35.9 Å². The molecule has 92 valence electrons. The van der Waals surface area contributed by atoms with Gasteiger partial charge in [-0.25, -0.2) is 0 Å². The summed E-state index contributed by atoms with van der Waals surface area (Å²) in [5.74, 6) is 0. The van der Waals surface area contributed by atoms with Crippen LogP contribution in [0.3, 0.4) is 0 Å². The Balaban J connectivity index is 0.00000225. The van der Waals surface area contributed by atoms with Crippen LogP contribution < -0.4 is 24.0 Å². The Bertz CT molecular complexity index is 285. The number of aliphatic hydroxyl groups is 1. The summed E-state index contributed by atoms with van der Waals surface area (Å²) in [5, 5.41) is 10.1. The minimum absolute atomic E-state index is 0. The second-order valence-electron chi connectivity index (χ2n) is 4.36. The number of aliphatic hydroxyl groups excluding tert-OH is 1. The van der Waals surface area contributed by atoms with Crippen LogP contribution in [0.4, 0.5) is 0 Å². The molecule has 0 saturated heterocycles. The zero-order valence-corrected chi connectivity index (χ0v) is 12.5. The molecule has 1 aromatic rings. The van der Waals surface area contributed by atoms with Gasteiger partial charge < -0.3 is 33.6 Å². The SMILES string of the molecule is CC[N+](C)(CC)CC(O)c1ccccc1.[I-]. The highest BCUT2D eigenvalue weighted by molar-refractivity contribution is 5.17. The van der Waals surface area contributed by atoms with Crippen LogP contribution >= 0.6 is 0 Å². The molecule has 0 aromatic heterocycles. The van der Waals surface area contributed by atoms with E-state index in [4.69, 9.17) is 0 Å². The Morgan fingerprint density at radius 3 is 2.06 bits per heavy atom. The molecular weight excluding hydrogens is 313 g/mol. The van der Waals surface area contributed by atoms with Crippen LogP contribution in [-0.4, -0.2) is 36.3 Å². The van der Waals surface area contributed by atoms with Crippen LogP contribution in [-0.2, 0) is 0 Å². The van der Waals surface area contributed by atoms with Crippen molar-refractivity contribution in [2.24, 2.45) is 0 Å². The second kappa shape index (κ2) is 7.25. The lowest BCUT2D eigenvalue weighted by atomic mass is 10.1. The van der Waals surface area contributed by atoms with E-state index in [-0.39, 0.29) is 30.1 Å². The summed E-state index contributed by atoms with van der Waals surface area (Å²) >= 11 is 0. The Morgan fingerprint density at radius 1 is 1.12 bits per heavy atom.